The number of ether oxygens (including phenoxy) is 2. The third kappa shape index (κ3) is 4.65. The number of benzene rings is 2. The molecule has 0 aliphatic carbocycles. The number of methoxy groups -OCH3 is 1. The summed E-state index contributed by atoms with van der Waals surface area (Å²) in [5.41, 5.74) is 1.11. The van der Waals surface area contributed by atoms with Gasteiger partial charge in [-0.3, -0.25) is 4.52 Å². The summed E-state index contributed by atoms with van der Waals surface area (Å²) in [6.45, 7) is 0.513. The zero-order valence-corrected chi connectivity index (χ0v) is 12.1. The molecular formula is C15H16O4P+. The van der Waals surface area contributed by atoms with Gasteiger partial charge in [0.1, 0.15) is 12.4 Å². The topological polar surface area (TPSA) is 44.8 Å². The maximum absolute atomic E-state index is 11.4. The first-order valence-corrected chi connectivity index (χ1v) is 7.52. The van der Waals surface area contributed by atoms with Crippen LogP contribution in [0.4, 0.5) is 0 Å². The molecular weight excluding hydrogens is 275 g/mol. The van der Waals surface area contributed by atoms with Gasteiger partial charge in [-0.05, 0) is 34.4 Å². The van der Waals surface area contributed by atoms with Crippen molar-refractivity contribution in [1.29, 1.82) is 0 Å². The highest BCUT2D eigenvalue weighted by Crippen LogP contribution is 2.28. The fourth-order valence-electron chi connectivity index (χ4n) is 1.59. The molecule has 0 heterocycles. The molecule has 1 unspecified atom stereocenters. The van der Waals surface area contributed by atoms with E-state index in [0.29, 0.717) is 12.4 Å². The van der Waals surface area contributed by atoms with Crippen LogP contribution >= 0.6 is 8.03 Å². The highest BCUT2D eigenvalue weighted by molar-refractivity contribution is 7.39. The van der Waals surface area contributed by atoms with E-state index >= 15 is 0 Å². The van der Waals surface area contributed by atoms with Crippen LogP contribution in [0, 0.1) is 0 Å². The van der Waals surface area contributed by atoms with E-state index in [4.69, 9.17) is 14.0 Å². The van der Waals surface area contributed by atoms with E-state index in [1.165, 1.54) is 7.11 Å². The molecule has 2 aromatic rings. The Balaban J connectivity index is 1.87. The van der Waals surface area contributed by atoms with E-state index in [1.807, 2.05) is 30.3 Å². The molecule has 0 N–H and O–H groups in total. The second-order valence-corrected chi connectivity index (χ2v) is 5.19. The second-order valence-electron chi connectivity index (χ2n) is 4.09. The summed E-state index contributed by atoms with van der Waals surface area (Å²) in [6, 6.07) is 17.0. The third-order valence-electron chi connectivity index (χ3n) is 2.51. The summed E-state index contributed by atoms with van der Waals surface area (Å²) < 4.78 is 27.0. The minimum Gasteiger partial charge on any atom is -0.489 e. The van der Waals surface area contributed by atoms with E-state index in [-0.39, 0.29) is 6.35 Å². The van der Waals surface area contributed by atoms with Gasteiger partial charge in [0.05, 0.1) is 0 Å². The number of hydrogen-bond acceptors (Lipinski definition) is 4. The maximum atomic E-state index is 11.4. The molecule has 0 bridgehead atoms. The average Bonchev–Trinajstić information content (AvgIpc) is 2.48. The Morgan fingerprint density at radius 2 is 1.60 bits per heavy atom. The molecule has 0 aromatic heterocycles. The Labute approximate surface area is 119 Å². The number of hydrogen-bond donors (Lipinski definition) is 0. The predicted molar refractivity (Wildman–Crippen MR) is 77.3 cm³/mol. The van der Waals surface area contributed by atoms with E-state index < -0.39 is 8.03 Å². The molecule has 0 saturated carbocycles. The lowest BCUT2D eigenvalue weighted by Crippen LogP contribution is -1.94. The molecule has 0 amide bonds. The van der Waals surface area contributed by atoms with Crippen molar-refractivity contribution in [2.24, 2.45) is 0 Å². The summed E-state index contributed by atoms with van der Waals surface area (Å²) in [5.74, 6) is 1.28. The molecule has 0 aliphatic rings. The van der Waals surface area contributed by atoms with Gasteiger partial charge < -0.3 is 9.47 Å². The minimum absolute atomic E-state index is 0.0849. The Morgan fingerprint density at radius 1 is 0.950 bits per heavy atom. The van der Waals surface area contributed by atoms with Gasteiger partial charge in [0, 0.05) is 7.11 Å². The van der Waals surface area contributed by atoms with Crippen LogP contribution in [-0.4, -0.2) is 13.5 Å². The predicted octanol–water partition coefficient (Wildman–Crippen LogP) is 3.99. The van der Waals surface area contributed by atoms with Crippen LogP contribution in [0.2, 0.25) is 0 Å². The summed E-state index contributed by atoms with van der Waals surface area (Å²) in [6.07, 6.45) is 0.0849. The van der Waals surface area contributed by atoms with E-state index in [1.54, 1.807) is 24.3 Å². The van der Waals surface area contributed by atoms with Crippen LogP contribution in [-0.2, 0) is 15.9 Å². The standard InChI is InChI=1S/C15H16O4P/c1-17-12-20(16)19-15-9-7-14(8-10-15)18-11-13-5-3-2-4-6-13/h2-10H,11-12H2,1H3/q+1. The van der Waals surface area contributed by atoms with Gasteiger partial charge >= 0.3 is 8.03 Å². The average molecular weight is 291 g/mol. The highest BCUT2D eigenvalue weighted by atomic mass is 31.1. The molecule has 2 rings (SSSR count). The van der Waals surface area contributed by atoms with Crippen molar-refractivity contribution in [3.8, 4) is 11.5 Å². The first kappa shape index (κ1) is 14.5. The van der Waals surface area contributed by atoms with Gasteiger partial charge in [0.2, 0.25) is 0 Å². The summed E-state index contributed by atoms with van der Waals surface area (Å²) in [5, 5.41) is 0. The van der Waals surface area contributed by atoms with Crippen molar-refractivity contribution in [2.45, 2.75) is 6.61 Å². The first-order valence-electron chi connectivity index (χ1n) is 6.16. The van der Waals surface area contributed by atoms with Crippen molar-refractivity contribution < 1.29 is 18.6 Å². The Kier molecular flexibility index (Phi) is 5.54. The SMILES string of the molecule is COC[P+](=O)Oc1ccc(OCc2ccccc2)cc1. The molecule has 0 radical (unpaired) electrons. The lowest BCUT2D eigenvalue weighted by atomic mass is 10.2. The molecule has 4 nitrogen and oxygen atoms in total. The van der Waals surface area contributed by atoms with Gasteiger partial charge in [0.15, 0.2) is 5.75 Å². The van der Waals surface area contributed by atoms with Crippen LogP contribution in [0.25, 0.3) is 0 Å². The van der Waals surface area contributed by atoms with Gasteiger partial charge in [-0.25, -0.2) is 0 Å². The van der Waals surface area contributed by atoms with Gasteiger partial charge in [0.25, 0.3) is 6.35 Å². The minimum atomic E-state index is -1.82. The summed E-state index contributed by atoms with van der Waals surface area (Å²) >= 11 is 0. The molecule has 0 spiro atoms. The maximum Gasteiger partial charge on any atom is 0.585 e. The van der Waals surface area contributed by atoms with E-state index in [0.717, 1.165) is 11.3 Å². The fourth-order valence-corrected chi connectivity index (χ4v) is 2.21. The molecule has 5 heteroatoms. The smallest absolute Gasteiger partial charge is 0.489 e. The van der Waals surface area contributed by atoms with Crippen molar-refractivity contribution >= 4 is 8.03 Å². The third-order valence-corrected chi connectivity index (χ3v) is 3.40. The van der Waals surface area contributed by atoms with Crippen LogP contribution < -0.4 is 9.26 Å². The number of rotatable bonds is 7. The zero-order chi connectivity index (χ0) is 14.2. The van der Waals surface area contributed by atoms with Gasteiger partial charge in [-0.2, -0.15) is 0 Å². The Hall–Kier alpha value is -1.90. The molecule has 2 aromatic carbocycles. The monoisotopic (exact) mass is 291 g/mol. The second kappa shape index (κ2) is 7.63. The summed E-state index contributed by atoms with van der Waals surface area (Å²) in [4.78, 5) is 0. The molecule has 1 atom stereocenters. The van der Waals surface area contributed by atoms with Crippen molar-refractivity contribution in [1.82, 2.24) is 0 Å². The lowest BCUT2D eigenvalue weighted by Gasteiger charge is -2.05. The van der Waals surface area contributed by atoms with Crippen LogP contribution in [0.5, 0.6) is 11.5 Å². The van der Waals surface area contributed by atoms with Gasteiger partial charge in [-0.15, -0.1) is 0 Å². The van der Waals surface area contributed by atoms with E-state index in [2.05, 4.69) is 0 Å². The normalized spacial score (nSPS) is 10.9. The Bertz CT molecular complexity index is 540. The quantitative estimate of drug-likeness (QED) is 0.723. The fraction of sp³-hybridized carbons (Fsp3) is 0.200. The highest BCUT2D eigenvalue weighted by Gasteiger charge is 2.17. The molecule has 0 saturated heterocycles. The molecule has 20 heavy (non-hydrogen) atoms. The van der Waals surface area contributed by atoms with Crippen molar-refractivity contribution in [3.05, 3.63) is 60.2 Å². The van der Waals surface area contributed by atoms with E-state index in [9.17, 15) is 4.57 Å². The van der Waals surface area contributed by atoms with Crippen LogP contribution in [0.1, 0.15) is 5.56 Å². The Morgan fingerprint density at radius 3 is 2.25 bits per heavy atom. The van der Waals surface area contributed by atoms with Gasteiger partial charge in [-0.1, -0.05) is 30.3 Å². The largest absolute Gasteiger partial charge is 0.585 e. The van der Waals surface area contributed by atoms with Crippen molar-refractivity contribution in [3.63, 3.8) is 0 Å². The first-order chi connectivity index (χ1) is 9.78. The molecule has 0 fully saturated rings. The molecule has 104 valence electrons. The van der Waals surface area contributed by atoms with Crippen LogP contribution in [0.15, 0.2) is 54.6 Å². The molecule has 0 aliphatic heterocycles. The van der Waals surface area contributed by atoms with Crippen LogP contribution in [0.3, 0.4) is 0 Å². The van der Waals surface area contributed by atoms with Crippen molar-refractivity contribution in [2.75, 3.05) is 13.5 Å². The summed E-state index contributed by atoms with van der Waals surface area (Å²) in [7, 11) is -0.340. The zero-order valence-electron chi connectivity index (χ0n) is 11.2. The lowest BCUT2D eigenvalue weighted by molar-refractivity contribution is 0.244.